The first-order chi connectivity index (χ1) is 14.8. The number of allylic oxidation sites excluding steroid dienone is 1. The molecule has 0 atom stereocenters. The van der Waals surface area contributed by atoms with Crippen molar-refractivity contribution in [1.82, 2.24) is 9.88 Å². The summed E-state index contributed by atoms with van der Waals surface area (Å²) >= 11 is 0. The van der Waals surface area contributed by atoms with E-state index in [1.165, 1.54) is 0 Å². The third-order valence-electron chi connectivity index (χ3n) is 4.88. The topological polar surface area (TPSA) is 94.5 Å². The fourth-order valence-electron chi connectivity index (χ4n) is 3.18. The van der Waals surface area contributed by atoms with Crippen molar-refractivity contribution in [2.75, 3.05) is 13.2 Å². The first-order valence-corrected chi connectivity index (χ1v) is 10.1. The van der Waals surface area contributed by atoms with E-state index in [2.05, 4.69) is 11.9 Å². The maximum atomic E-state index is 12.4. The van der Waals surface area contributed by atoms with Crippen LogP contribution in [0, 0.1) is 13.8 Å². The van der Waals surface area contributed by atoms with Gasteiger partial charge < -0.3 is 14.6 Å². The number of rotatable bonds is 12. The number of ketones is 2. The molecule has 1 N–H and O–H groups in total. The van der Waals surface area contributed by atoms with Gasteiger partial charge >= 0.3 is 5.97 Å². The van der Waals surface area contributed by atoms with Crippen molar-refractivity contribution in [2.24, 2.45) is 0 Å². The Bertz CT molecular complexity index is 960. The molecular weight excluding hydrogens is 396 g/mol. The minimum absolute atomic E-state index is 0.0432. The molecule has 2 rings (SSSR count). The van der Waals surface area contributed by atoms with Crippen LogP contribution in [0.3, 0.4) is 0 Å². The lowest BCUT2D eigenvalue weighted by Crippen LogP contribution is -2.27. The first-order valence-electron chi connectivity index (χ1n) is 10.1. The van der Waals surface area contributed by atoms with Crippen LogP contribution >= 0.6 is 0 Å². The van der Waals surface area contributed by atoms with Gasteiger partial charge in [-0.15, -0.1) is 6.58 Å². The Morgan fingerprint density at radius 1 is 1.03 bits per heavy atom. The third-order valence-corrected chi connectivity index (χ3v) is 4.88. The van der Waals surface area contributed by atoms with E-state index in [0.29, 0.717) is 17.7 Å². The molecule has 0 aliphatic carbocycles. The lowest BCUT2D eigenvalue weighted by molar-refractivity contribution is -0.142. The highest BCUT2D eigenvalue weighted by atomic mass is 16.5. The van der Waals surface area contributed by atoms with E-state index in [-0.39, 0.29) is 49.9 Å². The maximum absolute atomic E-state index is 12.4. The van der Waals surface area contributed by atoms with Crippen molar-refractivity contribution in [3.63, 3.8) is 0 Å². The second-order valence-electron chi connectivity index (χ2n) is 7.16. The number of hydrogen-bond acceptors (Lipinski definition) is 5. The van der Waals surface area contributed by atoms with Crippen LogP contribution in [0.5, 0.6) is 0 Å². The Labute approximate surface area is 182 Å². The lowest BCUT2D eigenvalue weighted by atomic mass is 10.1. The van der Waals surface area contributed by atoms with Crippen molar-refractivity contribution in [3.05, 3.63) is 71.6 Å². The number of amides is 1. The molecule has 7 heteroatoms. The van der Waals surface area contributed by atoms with Crippen molar-refractivity contribution in [2.45, 2.75) is 39.7 Å². The Kier molecular flexibility index (Phi) is 8.94. The molecule has 0 spiro atoms. The molecule has 0 aliphatic heterocycles. The zero-order valence-corrected chi connectivity index (χ0v) is 18.0. The Hall–Kier alpha value is -3.48. The third kappa shape index (κ3) is 7.06. The summed E-state index contributed by atoms with van der Waals surface area (Å²) < 4.78 is 7.00. The molecular formula is C24H28N2O5. The summed E-state index contributed by atoms with van der Waals surface area (Å²) in [5, 5.41) is 2.58. The van der Waals surface area contributed by atoms with Crippen LogP contribution in [0.1, 0.15) is 51.4 Å². The molecule has 31 heavy (non-hydrogen) atoms. The van der Waals surface area contributed by atoms with Gasteiger partial charge in [0.15, 0.2) is 12.4 Å². The molecule has 0 saturated carbocycles. The van der Waals surface area contributed by atoms with E-state index in [1.54, 1.807) is 36.4 Å². The monoisotopic (exact) mass is 424 g/mol. The number of aryl methyl sites for hydroxylation is 1. The molecule has 0 aliphatic rings. The fourth-order valence-corrected chi connectivity index (χ4v) is 3.18. The molecule has 0 unspecified atom stereocenters. The average Bonchev–Trinajstić information content (AvgIpc) is 3.05. The summed E-state index contributed by atoms with van der Waals surface area (Å²) in [5.74, 6) is -1.28. The average molecular weight is 424 g/mol. The molecule has 0 bridgehead atoms. The van der Waals surface area contributed by atoms with E-state index in [0.717, 1.165) is 11.4 Å². The normalized spacial score (nSPS) is 10.4. The van der Waals surface area contributed by atoms with Crippen molar-refractivity contribution in [1.29, 1.82) is 0 Å². The summed E-state index contributed by atoms with van der Waals surface area (Å²) in [7, 11) is 0. The summed E-state index contributed by atoms with van der Waals surface area (Å²) in [6.07, 6.45) is 1.84. The molecule has 1 heterocycles. The number of nitrogens with one attached hydrogen (secondary N) is 1. The molecule has 1 aromatic carbocycles. The van der Waals surface area contributed by atoms with Gasteiger partial charge in [0.2, 0.25) is 11.7 Å². The largest absolute Gasteiger partial charge is 0.457 e. The number of aromatic nitrogens is 1. The van der Waals surface area contributed by atoms with Crippen LogP contribution in [-0.4, -0.2) is 41.2 Å². The van der Waals surface area contributed by atoms with Gasteiger partial charge in [-0.3, -0.25) is 19.2 Å². The molecule has 0 fully saturated rings. The number of carbonyl (C=O) groups excluding carboxylic acids is 4. The van der Waals surface area contributed by atoms with Crippen molar-refractivity contribution >= 4 is 23.4 Å². The predicted molar refractivity (Wildman–Crippen MR) is 117 cm³/mol. The molecule has 0 saturated heterocycles. The van der Waals surface area contributed by atoms with Crippen LogP contribution in [0.25, 0.3) is 0 Å². The van der Waals surface area contributed by atoms with Gasteiger partial charge in [-0.05, 0) is 19.9 Å². The first kappa shape index (κ1) is 23.8. The smallest absolute Gasteiger partial charge is 0.308 e. The van der Waals surface area contributed by atoms with Crippen LogP contribution in [-0.2, 0) is 20.9 Å². The summed E-state index contributed by atoms with van der Waals surface area (Å²) in [6, 6.07) is 10.5. The van der Waals surface area contributed by atoms with Crippen molar-refractivity contribution < 1.29 is 23.9 Å². The molecule has 7 nitrogen and oxygen atoms in total. The summed E-state index contributed by atoms with van der Waals surface area (Å²) in [5.41, 5.74) is 2.81. The molecule has 164 valence electrons. The van der Waals surface area contributed by atoms with Gasteiger partial charge in [0.05, 0.1) is 6.42 Å². The molecule has 1 aromatic heterocycles. The fraction of sp³-hybridized carbons (Fsp3) is 0.333. The number of nitrogens with zero attached hydrogens (tertiary/aromatic N) is 1. The van der Waals surface area contributed by atoms with E-state index in [1.807, 2.05) is 24.5 Å². The molecule has 1 amide bonds. The van der Waals surface area contributed by atoms with E-state index >= 15 is 0 Å². The standard InChI is InChI=1S/C24H28N2O5/c1-4-14-26-17(2)15-20(18(26)3)22(28)16-31-24(30)12-13-25-23(29)11-10-21(27)19-8-6-5-7-9-19/h4-9,15H,1,10-14,16H2,2-3H3,(H,25,29). The quantitative estimate of drug-likeness (QED) is 0.321. The van der Waals surface area contributed by atoms with Crippen LogP contribution < -0.4 is 5.32 Å². The van der Waals surface area contributed by atoms with E-state index in [4.69, 9.17) is 4.74 Å². The maximum Gasteiger partial charge on any atom is 0.308 e. The highest BCUT2D eigenvalue weighted by molar-refractivity contribution is 5.99. The minimum Gasteiger partial charge on any atom is -0.457 e. The van der Waals surface area contributed by atoms with Crippen LogP contribution in [0.15, 0.2) is 49.1 Å². The zero-order valence-electron chi connectivity index (χ0n) is 18.0. The number of hydrogen-bond donors (Lipinski definition) is 1. The highest BCUT2D eigenvalue weighted by Gasteiger charge is 2.17. The predicted octanol–water partition coefficient (Wildman–Crippen LogP) is 3.19. The molecule has 0 radical (unpaired) electrons. The number of carbonyl (C=O) groups is 4. The van der Waals surface area contributed by atoms with Gasteiger partial charge in [-0.2, -0.15) is 0 Å². The number of ether oxygens (including phenoxy) is 1. The summed E-state index contributed by atoms with van der Waals surface area (Å²) in [4.78, 5) is 48.1. The van der Waals surface area contributed by atoms with Gasteiger partial charge in [0, 0.05) is 48.4 Å². The minimum atomic E-state index is -0.575. The lowest BCUT2D eigenvalue weighted by Gasteiger charge is -2.07. The van der Waals surface area contributed by atoms with Gasteiger partial charge in [0.1, 0.15) is 0 Å². The Balaban J connectivity index is 1.68. The Morgan fingerprint density at radius 2 is 1.74 bits per heavy atom. The number of esters is 1. The van der Waals surface area contributed by atoms with Crippen LogP contribution in [0.4, 0.5) is 0 Å². The van der Waals surface area contributed by atoms with Crippen LogP contribution in [0.2, 0.25) is 0 Å². The number of benzene rings is 1. The van der Waals surface area contributed by atoms with E-state index in [9.17, 15) is 19.2 Å². The molecule has 2 aromatic rings. The second-order valence-corrected chi connectivity index (χ2v) is 7.16. The van der Waals surface area contributed by atoms with E-state index < -0.39 is 5.97 Å². The van der Waals surface area contributed by atoms with Crippen molar-refractivity contribution in [3.8, 4) is 0 Å². The van der Waals surface area contributed by atoms with Gasteiger partial charge in [0.25, 0.3) is 0 Å². The summed E-state index contributed by atoms with van der Waals surface area (Å²) in [6.45, 7) is 7.77. The Morgan fingerprint density at radius 3 is 2.42 bits per heavy atom. The van der Waals surface area contributed by atoms with Gasteiger partial charge in [-0.1, -0.05) is 36.4 Å². The SMILES string of the molecule is C=CCn1c(C)cc(C(=O)COC(=O)CCNC(=O)CCC(=O)c2ccccc2)c1C. The number of Topliss-reactive ketones (excluding diaryl/α,β-unsaturated/α-hetero) is 2. The highest BCUT2D eigenvalue weighted by Crippen LogP contribution is 2.16. The zero-order chi connectivity index (χ0) is 22.8. The second kappa shape index (κ2) is 11.6. The van der Waals surface area contributed by atoms with Gasteiger partial charge in [-0.25, -0.2) is 0 Å².